The van der Waals surface area contributed by atoms with Crippen LogP contribution in [0.4, 0.5) is 0 Å². The zero-order valence-corrected chi connectivity index (χ0v) is 20.9. The summed E-state index contributed by atoms with van der Waals surface area (Å²) in [4.78, 5) is 38.8. The highest BCUT2D eigenvalue weighted by Crippen LogP contribution is 2.59. The third-order valence-corrected chi connectivity index (χ3v) is 8.39. The van der Waals surface area contributed by atoms with E-state index in [0.717, 1.165) is 24.0 Å². The van der Waals surface area contributed by atoms with Crippen LogP contribution < -0.4 is 0 Å². The molecular weight excluding hydrogens is 440 g/mol. The number of ether oxygens (including phenoxy) is 2. The van der Waals surface area contributed by atoms with Gasteiger partial charge in [-0.05, 0) is 66.0 Å². The SMILES string of the molecule is CC(C)c1ccc(C(=O)OC2C3CC(C2OC(=O)c2ccc(C(C)C)cc2)C2C(=O)CCC32)cc1. The summed E-state index contributed by atoms with van der Waals surface area (Å²) in [5.74, 6) is 0.282. The molecule has 0 N–H and O–H groups in total. The van der Waals surface area contributed by atoms with Gasteiger partial charge in [-0.1, -0.05) is 52.0 Å². The van der Waals surface area contributed by atoms with Crippen molar-refractivity contribution in [3.8, 4) is 0 Å². The lowest BCUT2D eigenvalue weighted by Gasteiger charge is -2.36. The van der Waals surface area contributed by atoms with Crippen LogP contribution in [0.2, 0.25) is 0 Å². The monoisotopic (exact) mass is 474 g/mol. The normalized spacial score (nSPS) is 29.0. The van der Waals surface area contributed by atoms with Crippen LogP contribution in [0.25, 0.3) is 0 Å². The van der Waals surface area contributed by atoms with Crippen molar-refractivity contribution in [3.05, 3.63) is 70.8 Å². The van der Waals surface area contributed by atoms with E-state index in [1.807, 2.05) is 24.3 Å². The number of esters is 2. The molecule has 3 aliphatic rings. The predicted molar refractivity (Wildman–Crippen MR) is 132 cm³/mol. The van der Waals surface area contributed by atoms with Gasteiger partial charge in [0.25, 0.3) is 0 Å². The first kappa shape index (κ1) is 23.8. The van der Waals surface area contributed by atoms with E-state index in [4.69, 9.17) is 9.47 Å². The Balaban J connectivity index is 1.36. The smallest absolute Gasteiger partial charge is 0.338 e. The average molecular weight is 475 g/mol. The molecular formula is C30H34O5. The molecule has 2 aromatic carbocycles. The maximum Gasteiger partial charge on any atom is 0.338 e. The maximum atomic E-state index is 13.1. The molecule has 5 heteroatoms. The van der Waals surface area contributed by atoms with Crippen LogP contribution in [0.3, 0.4) is 0 Å². The van der Waals surface area contributed by atoms with Crippen molar-refractivity contribution < 1.29 is 23.9 Å². The van der Waals surface area contributed by atoms with Crippen LogP contribution in [0, 0.1) is 23.7 Å². The molecule has 2 bridgehead atoms. The van der Waals surface area contributed by atoms with E-state index in [9.17, 15) is 14.4 Å². The fraction of sp³-hybridized carbons (Fsp3) is 0.500. The van der Waals surface area contributed by atoms with Gasteiger partial charge in [0.15, 0.2) is 0 Å². The summed E-state index contributed by atoms with van der Waals surface area (Å²) in [5, 5.41) is 0. The Morgan fingerprint density at radius 2 is 1.17 bits per heavy atom. The van der Waals surface area contributed by atoms with E-state index in [0.29, 0.717) is 29.4 Å². The minimum absolute atomic E-state index is 0.0523. The lowest BCUT2D eigenvalue weighted by molar-refractivity contribution is -0.127. The number of carbonyl (C=O) groups is 3. The molecule has 184 valence electrons. The molecule has 0 amide bonds. The Kier molecular flexibility index (Phi) is 6.29. The van der Waals surface area contributed by atoms with Crippen molar-refractivity contribution in [2.75, 3.05) is 0 Å². The van der Waals surface area contributed by atoms with Gasteiger partial charge in [0, 0.05) is 24.2 Å². The van der Waals surface area contributed by atoms with Crippen molar-refractivity contribution in [2.45, 2.75) is 71.0 Å². The largest absolute Gasteiger partial charge is 0.455 e. The number of benzene rings is 2. The van der Waals surface area contributed by atoms with Gasteiger partial charge in [-0.25, -0.2) is 9.59 Å². The van der Waals surface area contributed by atoms with E-state index in [2.05, 4.69) is 27.7 Å². The van der Waals surface area contributed by atoms with Gasteiger partial charge in [0.05, 0.1) is 11.1 Å². The second-order valence-corrected chi connectivity index (χ2v) is 11.1. The van der Waals surface area contributed by atoms with E-state index < -0.39 is 24.1 Å². The molecule has 35 heavy (non-hydrogen) atoms. The summed E-state index contributed by atoms with van der Waals surface area (Å²) in [6, 6.07) is 14.9. The molecule has 3 aliphatic carbocycles. The number of fused-ring (bicyclic) bond motifs is 5. The molecule has 0 aromatic heterocycles. The van der Waals surface area contributed by atoms with Crippen LogP contribution in [0.15, 0.2) is 48.5 Å². The Morgan fingerprint density at radius 1 is 0.714 bits per heavy atom. The van der Waals surface area contributed by atoms with Gasteiger partial charge in [-0.2, -0.15) is 0 Å². The summed E-state index contributed by atoms with van der Waals surface area (Å²) in [5.41, 5.74) is 3.27. The quantitative estimate of drug-likeness (QED) is 0.486. The number of rotatable bonds is 6. The third kappa shape index (κ3) is 4.30. The second-order valence-electron chi connectivity index (χ2n) is 11.1. The molecule has 6 unspecified atom stereocenters. The van der Waals surface area contributed by atoms with Crippen molar-refractivity contribution in [2.24, 2.45) is 23.7 Å². The molecule has 0 heterocycles. The number of carbonyl (C=O) groups excluding carboxylic acids is 3. The molecule has 2 aromatic rings. The summed E-state index contributed by atoms with van der Waals surface area (Å²) in [6.07, 6.45) is 1.04. The third-order valence-electron chi connectivity index (χ3n) is 8.39. The minimum atomic E-state index is -0.598. The highest BCUT2D eigenvalue weighted by molar-refractivity contribution is 5.91. The first-order valence-electron chi connectivity index (χ1n) is 12.9. The van der Waals surface area contributed by atoms with E-state index in [1.165, 1.54) is 0 Å². The lowest BCUT2D eigenvalue weighted by atomic mass is 9.78. The van der Waals surface area contributed by atoms with Gasteiger partial charge in [0.1, 0.15) is 18.0 Å². The Hall–Kier alpha value is -2.95. The standard InChI is InChI=1S/C30H34O5/c1-16(2)18-5-9-20(10-6-18)29(32)34-27-23-15-24(26-22(23)13-14-25(26)31)28(27)35-30(33)21-11-7-19(8-12-21)17(3)4/h5-12,16-17,22-24,26-28H,13-15H2,1-4H3. The number of Topliss-reactive ketones (excluding diaryl/α,β-unsaturated/α-hetero) is 1. The zero-order chi connectivity index (χ0) is 24.9. The van der Waals surface area contributed by atoms with Crippen molar-refractivity contribution >= 4 is 17.7 Å². The van der Waals surface area contributed by atoms with E-state index >= 15 is 0 Å². The second kappa shape index (κ2) is 9.25. The molecule has 5 rings (SSSR count). The van der Waals surface area contributed by atoms with Gasteiger partial charge < -0.3 is 9.47 Å². The summed E-state index contributed by atoms with van der Waals surface area (Å²) in [6.45, 7) is 8.42. The fourth-order valence-corrected chi connectivity index (χ4v) is 6.47. The predicted octanol–water partition coefficient (Wildman–Crippen LogP) is 5.93. The first-order chi connectivity index (χ1) is 16.7. The molecule has 3 fully saturated rings. The molecule has 0 spiro atoms. The number of ketones is 1. The number of hydrogen-bond donors (Lipinski definition) is 0. The highest BCUT2D eigenvalue weighted by atomic mass is 16.6. The van der Waals surface area contributed by atoms with Crippen LogP contribution in [-0.4, -0.2) is 29.9 Å². The Morgan fingerprint density at radius 3 is 1.63 bits per heavy atom. The summed E-state index contributed by atoms with van der Waals surface area (Å²) >= 11 is 0. The van der Waals surface area contributed by atoms with Crippen LogP contribution in [0.1, 0.15) is 90.6 Å². The van der Waals surface area contributed by atoms with Crippen molar-refractivity contribution in [1.82, 2.24) is 0 Å². The lowest BCUT2D eigenvalue weighted by Crippen LogP contribution is -2.46. The first-order valence-corrected chi connectivity index (χ1v) is 12.9. The Bertz CT molecular complexity index is 1110. The summed E-state index contributed by atoms with van der Waals surface area (Å²) < 4.78 is 12.1. The topological polar surface area (TPSA) is 69.7 Å². The van der Waals surface area contributed by atoms with Gasteiger partial charge in [-0.15, -0.1) is 0 Å². The minimum Gasteiger partial charge on any atom is -0.455 e. The van der Waals surface area contributed by atoms with Gasteiger partial charge >= 0.3 is 11.9 Å². The fourth-order valence-electron chi connectivity index (χ4n) is 6.47. The molecule has 0 saturated heterocycles. The average Bonchev–Trinajstić information content (AvgIpc) is 3.51. The van der Waals surface area contributed by atoms with Crippen LogP contribution in [-0.2, 0) is 14.3 Å². The molecule has 0 radical (unpaired) electrons. The van der Waals surface area contributed by atoms with Crippen molar-refractivity contribution in [1.29, 1.82) is 0 Å². The maximum absolute atomic E-state index is 13.1. The van der Waals surface area contributed by atoms with Crippen LogP contribution in [0.5, 0.6) is 0 Å². The zero-order valence-electron chi connectivity index (χ0n) is 20.9. The Labute approximate surface area is 207 Å². The highest BCUT2D eigenvalue weighted by Gasteiger charge is 2.64. The molecule has 3 saturated carbocycles. The van der Waals surface area contributed by atoms with E-state index in [-0.39, 0.29) is 29.5 Å². The number of hydrogen-bond acceptors (Lipinski definition) is 5. The summed E-state index contributed by atoms with van der Waals surface area (Å²) in [7, 11) is 0. The van der Waals surface area contributed by atoms with Crippen molar-refractivity contribution in [3.63, 3.8) is 0 Å². The van der Waals surface area contributed by atoms with Crippen LogP contribution >= 0.6 is 0 Å². The molecule has 6 atom stereocenters. The molecule has 0 aliphatic heterocycles. The van der Waals surface area contributed by atoms with Gasteiger partial charge in [0.2, 0.25) is 0 Å². The molecule has 5 nitrogen and oxygen atoms in total. The van der Waals surface area contributed by atoms with E-state index in [1.54, 1.807) is 24.3 Å². The van der Waals surface area contributed by atoms with Gasteiger partial charge in [-0.3, -0.25) is 4.79 Å².